The van der Waals surface area contributed by atoms with Crippen molar-refractivity contribution in [3.8, 4) is 0 Å². The Kier molecular flexibility index (Phi) is 4.99. The lowest BCUT2D eigenvalue weighted by Crippen LogP contribution is -2.42. The highest BCUT2D eigenvalue weighted by Crippen LogP contribution is 2.39. The number of ether oxygens (including phenoxy) is 1. The summed E-state index contributed by atoms with van der Waals surface area (Å²) in [5.41, 5.74) is -1.73. The van der Waals surface area contributed by atoms with Crippen molar-refractivity contribution in [2.75, 3.05) is 13.1 Å². The molecule has 22 heavy (non-hydrogen) atoms. The van der Waals surface area contributed by atoms with Crippen LogP contribution in [0.15, 0.2) is 33.4 Å². The van der Waals surface area contributed by atoms with E-state index in [1.54, 1.807) is 12.1 Å². The maximum atomic E-state index is 12.7. The summed E-state index contributed by atoms with van der Waals surface area (Å²) in [6.07, 6.45) is 1.42. The molecule has 7 heteroatoms. The van der Waals surface area contributed by atoms with Crippen LogP contribution in [0.3, 0.4) is 0 Å². The molecule has 0 aliphatic carbocycles. The predicted octanol–water partition coefficient (Wildman–Crippen LogP) is 3.10. The van der Waals surface area contributed by atoms with Crippen molar-refractivity contribution in [3.63, 3.8) is 0 Å². The fourth-order valence-corrected chi connectivity index (χ4v) is 4.83. The molecule has 0 aromatic carbocycles. The molecule has 0 amide bonds. The Morgan fingerprint density at radius 2 is 2.09 bits per heavy atom. The van der Waals surface area contributed by atoms with E-state index < -0.39 is 11.6 Å². The second-order valence-corrected chi connectivity index (χ2v) is 8.56. The molecule has 1 aliphatic rings. The van der Waals surface area contributed by atoms with E-state index in [2.05, 4.69) is 21.2 Å². The Labute approximate surface area is 145 Å². The minimum Gasteiger partial charge on any atom is -0.460 e. The maximum absolute atomic E-state index is 12.7. The number of carbonyl (C=O) groups is 1. The Balaban J connectivity index is 1.90. The van der Waals surface area contributed by atoms with E-state index in [0.717, 1.165) is 29.7 Å². The Bertz CT molecular complexity index is 637. The second-order valence-electron chi connectivity index (χ2n) is 5.15. The highest BCUT2D eigenvalue weighted by molar-refractivity contribution is 9.11. The van der Waals surface area contributed by atoms with Gasteiger partial charge in [0.05, 0.1) is 13.5 Å². The van der Waals surface area contributed by atoms with Crippen molar-refractivity contribution >= 4 is 44.6 Å². The number of hydrogen-bond donors (Lipinski definition) is 2. The standard InChI is InChI=1S/C15H16BrNO3S2/c16-13-4-3-12(22-13)15(19,11-2-1-9-21-11)14(18)20-10-5-7-17-8-6-10/h1-4,9-10,17,19H,5-8H2/t15-/m1/s1. The third-order valence-electron chi connectivity index (χ3n) is 3.66. The molecule has 3 heterocycles. The summed E-state index contributed by atoms with van der Waals surface area (Å²) in [5.74, 6) is -0.587. The van der Waals surface area contributed by atoms with Crippen LogP contribution in [-0.4, -0.2) is 30.3 Å². The summed E-state index contributed by atoms with van der Waals surface area (Å²) in [5, 5.41) is 16.2. The molecule has 3 rings (SSSR count). The van der Waals surface area contributed by atoms with Gasteiger partial charge in [-0.15, -0.1) is 22.7 Å². The van der Waals surface area contributed by atoms with E-state index in [4.69, 9.17) is 4.74 Å². The monoisotopic (exact) mass is 401 g/mol. The molecule has 2 aromatic rings. The third kappa shape index (κ3) is 3.14. The van der Waals surface area contributed by atoms with Gasteiger partial charge < -0.3 is 15.2 Å². The van der Waals surface area contributed by atoms with E-state index in [-0.39, 0.29) is 6.10 Å². The summed E-state index contributed by atoms with van der Waals surface area (Å²) in [7, 11) is 0. The van der Waals surface area contributed by atoms with Gasteiger partial charge in [-0.2, -0.15) is 0 Å². The molecule has 1 atom stereocenters. The Morgan fingerprint density at radius 1 is 1.32 bits per heavy atom. The zero-order chi connectivity index (χ0) is 15.6. The summed E-state index contributed by atoms with van der Waals surface area (Å²) in [6.45, 7) is 1.67. The van der Waals surface area contributed by atoms with Gasteiger partial charge in [-0.3, -0.25) is 0 Å². The molecule has 2 N–H and O–H groups in total. The number of rotatable bonds is 4. The van der Waals surface area contributed by atoms with Gasteiger partial charge in [0.25, 0.3) is 0 Å². The van der Waals surface area contributed by atoms with Crippen molar-refractivity contribution in [2.45, 2.75) is 24.5 Å². The van der Waals surface area contributed by atoms with Crippen molar-refractivity contribution < 1.29 is 14.6 Å². The van der Waals surface area contributed by atoms with Gasteiger partial charge in [-0.05, 0) is 65.4 Å². The number of piperidine rings is 1. The first-order chi connectivity index (χ1) is 10.6. The number of carbonyl (C=O) groups excluding carboxylic acids is 1. The molecule has 0 saturated carbocycles. The third-order valence-corrected chi connectivity index (χ3v) is 6.37. The highest BCUT2D eigenvalue weighted by atomic mass is 79.9. The number of nitrogens with one attached hydrogen (secondary N) is 1. The molecule has 4 nitrogen and oxygen atoms in total. The fraction of sp³-hybridized carbons (Fsp3) is 0.400. The van der Waals surface area contributed by atoms with Gasteiger partial charge in [-0.25, -0.2) is 4.79 Å². The normalized spacial score (nSPS) is 18.8. The topological polar surface area (TPSA) is 58.6 Å². The average molecular weight is 402 g/mol. The van der Waals surface area contributed by atoms with Crippen molar-refractivity contribution in [3.05, 3.63) is 43.2 Å². The van der Waals surface area contributed by atoms with Gasteiger partial charge in [0.1, 0.15) is 6.10 Å². The van der Waals surface area contributed by atoms with Crippen LogP contribution < -0.4 is 5.32 Å². The summed E-state index contributed by atoms with van der Waals surface area (Å²) < 4.78 is 6.48. The smallest absolute Gasteiger partial charge is 0.349 e. The highest BCUT2D eigenvalue weighted by Gasteiger charge is 2.45. The molecular weight excluding hydrogens is 386 g/mol. The van der Waals surface area contributed by atoms with Crippen molar-refractivity contribution in [2.24, 2.45) is 0 Å². The van der Waals surface area contributed by atoms with Crippen LogP contribution in [0.5, 0.6) is 0 Å². The Hall–Kier alpha value is -0.730. The number of esters is 1. The Morgan fingerprint density at radius 3 is 2.68 bits per heavy atom. The minimum absolute atomic E-state index is 0.136. The largest absolute Gasteiger partial charge is 0.460 e. The predicted molar refractivity (Wildman–Crippen MR) is 91.3 cm³/mol. The SMILES string of the molecule is O=C(OC1CCNCC1)[C@@](O)(c1cccs1)c1ccc(Br)s1. The van der Waals surface area contributed by atoms with Crippen LogP contribution in [0.25, 0.3) is 0 Å². The van der Waals surface area contributed by atoms with E-state index >= 15 is 0 Å². The van der Waals surface area contributed by atoms with E-state index in [0.29, 0.717) is 9.75 Å². The van der Waals surface area contributed by atoms with Crippen LogP contribution >= 0.6 is 38.6 Å². The van der Waals surface area contributed by atoms with Gasteiger partial charge in [-0.1, -0.05) is 6.07 Å². The molecule has 1 fully saturated rings. The molecule has 0 spiro atoms. The van der Waals surface area contributed by atoms with Crippen LogP contribution in [0, 0.1) is 0 Å². The lowest BCUT2D eigenvalue weighted by Gasteiger charge is -2.29. The van der Waals surface area contributed by atoms with Crippen LogP contribution in [0.1, 0.15) is 22.6 Å². The molecule has 0 radical (unpaired) electrons. The number of halogens is 1. The van der Waals surface area contributed by atoms with E-state index in [1.807, 2.05) is 17.5 Å². The summed E-state index contributed by atoms with van der Waals surface area (Å²) in [6, 6.07) is 7.18. The van der Waals surface area contributed by atoms with Crippen LogP contribution in [-0.2, 0) is 15.1 Å². The number of aliphatic hydroxyl groups is 1. The molecular formula is C15H16BrNO3S2. The molecule has 2 aromatic heterocycles. The quantitative estimate of drug-likeness (QED) is 0.772. The maximum Gasteiger partial charge on any atom is 0.349 e. The van der Waals surface area contributed by atoms with Crippen LogP contribution in [0.2, 0.25) is 0 Å². The van der Waals surface area contributed by atoms with E-state index in [9.17, 15) is 9.90 Å². The van der Waals surface area contributed by atoms with Crippen molar-refractivity contribution in [1.29, 1.82) is 0 Å². The molecule has 118 valence electrons. The van der Waals surface area contributed by atoms with Gasteiger partial charge in [0.15, 0.2) is 0 Å². The first-order valence-corrected chi connectivity index (χ1v) is 9.53. The first kappa shape index (κ1) is 16.1. The van der Waals surface area contributed by atoms with Gasteiger partial charge in [0, 0.05) is 0 Å². The lowest BCUT2D eigenvalue weighted by atomic mass is 9.99. The second kappa shape index (κ2) is 6.80. The minimum atomic E-state index is -1.73. The lowest BCUT2D eigenvalue weighted by molar-refractivity contribution is -0.168. The zero-order valence-electron chi connectivity index (χ0n) is 11.8. The van der Waals surface area contributed by atoms with E-state index in [1.165, 1.54) is 22.7 Å². The summed E-state index contributed by atoms with van der Waals surface area (Å²) in [4.78, 5) is 13.9. The van der Waals surface area contributed by atoms with Gasteiger partial charge in [0.2, 0.25) is 5.60 Å². The first-order valence-electron chi connectivity index (χ1n) is 7.04. The summed E-state index contributed by atoms with van der Waals surface area (Å²) >= 11 is 6.08. The number of hydrogen-bond acceptors (Lipinski definition) is 6. The number of thiophene rings is 2. The molecule has 1 saturated heterocycles. The van der Waals surface area contributed by atoms with Crippen LogP contribution in [0.4, 0.5) is 0 Å². The molecule has 0 unspecified atom stereocenters. The molecule has 1 aliphatic heterocycles. The zero-order valence-corrected chi connectivity index (χ0v) is 15.0. The molecule has 0 bridgehead atoms. The average Bonchev–Trinajstić information content (AvgIpc) is 3.19. The van der Waals surface area contributed by atoms with Crippen molar-refractivity contribution in [1.82, 2.24) is 5.32 Å². The van der Waals surface area contributed by atoms with Gasteiger partial charge >= 0.3 is 5.97 Å². The fourth-order valence-electron chi connectivity index (χ4n) is 2.47.